The summed E-state index contributed by atoms with van der Waals surface area (Å²) in [5, 5.41) is 9.75. The molecule has 1 N–H and O–H groups in total. The second-order valence-electron chi connectivity index (χ2n) is 4.46. The molecule has 0 saturated heterocycles. The summed E-state index contributed by atoms with van der Waals surface area (Å²) in [6.45, 7) is 3.81. The minimum atomic E-state index is -1.01. The molecule has 0 unspecified atom stereocenters. The molecule has 0 saturated carbocycles. The molecule has 0 amide bonds. The molecule has 0 aliphatic carbocycles. The van der Waals surface area contributed by atoms with Crippen LogP contribution in [-0.4, -0.2) is 21.0 Å². The molecule has 0 aliphatic heterocycles. The number of halogens is 1. The highest BCUT2D eigenvalue weighted by molar-refractivity contribution is 6.30. The molecule has 0 radical (unpaired) electrons. The number of hydrogen-bond donors (Lipinski definition) is 1. The third-order valence-corrected chi connectivity index (χ3v) is 2.95. The van der Waals surface area contributed by atoms with Gasteiger partial charge in [0.25, 0.3) is 0 Å². The molecule has 4 nitrogen and oxygen atoms in total. The molecule has 98 valence electrons. The van der Waals surface area contributed by atoms with Crippen LogP contribution < -0.4 is 0 Å². The highest BCUT2D eigenvalue weighted by atomic mass is 35.5. The number of aromatic nitrogens is 2. The number of aromatic carboxylic acids is 1. The highest BCUT2D eigenvalue weighted by Gasteiger charge is 2.16. The van der Waals surface area contributed by atoms with Gasteiger partial charge >= 0.3 is 5.97 Å². The van der Waals surface area contributed by atoms with Crippen LogP contribution >= 0.6 is 11.6 Å². The minimum Gasteiger partial charge on any atom is -0.478 e. The molecular weight excluding hydrogens is 264 g/mol. The Hall–Kier alpha value is -1.94. The highest BCUT2D eigenvalue weighted by Crippen LogP contribution is 2.22. The average molecular weight is 277 g/mol. The zero-order valence-corrected chi connectivity index (χ0v) is 11.3. The van der Waals surface area contributed by atoms with Crippen molar-refractivity contribution in [3.8, 4) is 11.4 Å². The van der Waals surface area contributed by atoms with Gasteiger partial charge in [-0.15, -0.1) is 0 Å². The number of benzene rings is 1. The lowest BCUT2D eigenvalue weighted by Crippen LogP contribution is -2.08. The molecular formula is C14H13ClN2O2. The van der Waals surface area contributed by atoms with E-state index < -0.39 is 5.97 Å². The Balaban J connectivity index is 2.52. The van der Waals surface area contributed by atoms with E-state index in [1.54, 1.807) is 12.1 Å². The Bertz CT molecular complexity index is 609. The van der Waals surface area contributed by atoms with E-state index in [9.17, 15) is 4.79 Å². The molecule has 1 aromatic heterocycles. The second kappa shape index (κ2) is 5.36. The number of carbonyl (C=O) groups is 1. The van der Waals surface area contributed by atoms with Crippen molar-refractivity contribution < 1.29 is 9.90 Å². The molecule has 19 heavy (non-hydrogen) atoms. The molecule has 5 heteroatoms. The fourth-order valence-corrected chi connectivity index (χ4v) is 1.86. The Morgan fingerprint density at radius 3 is 2.42 bits per heavy atom. The molecule has 2 rings (SSSR count). The first-order chi connectivity index (χ1) is 8.99. The summed E-state index contributed by atoms with van der Waals surface area (Å²) in [4.78, 5) is 19.6. The van der Waals surface area contributed by atoms with Crippen molar-refractivity contribution >= 4 is 17.6 Å². The van der Waals surface area contributed by atoms with E-state index in [-0.39, 0.29) is 11.5 Å². The largest absolute Gasteiger partial charge is 0.478 e. The molecule has 0 spiro atoms. The number of nitrogens with zero attached hydrogens (tertiary/aromatic N) is 2. The van der Waals surface area contributed by atoms with Crippen molar-refractivity contribution in [2.45, 2.75) is 19.8 Å². The standard InChI is InChI=1S/C14H13ClN2O2/c1-8(2)12-11(14(18)19)7-16-13(17-12)9-3-5-10(15)6-4-9/h3-8H,1-2H3,(H,18,19). The quantitative estimate of drug-likeness (QED) is 0.930. The van der Waals surface area contributed by atoms with Gasteiger partial charge in [0.15, 0.2) is 5.82 Å². The van der Waals surface area contributed by atoms with Crippen LogP contribution in [0.2, 0.25) is 5.02 Å². The Labute approximate surface area is 116 Å². The van der Waals surface area contributed by atoms with Gasteiger partial charge in [-0.1, -0.05) is 25.4 Å². The van der Waals surface area contributed by atoms with Crippen molar-refractivity contribution in [3.05, 3.63) is 46.7 Å². The van der Waals surface area contributed by atoms with Crippen molar-refractivity contribution in [2.24, 2.45) is 0 Å². The van der Waals surface area contributed by atoms with Crippen LogP contribution in [0.5, 0.6) is 0 Å². The monoisotopic (exact) mass is 276 g/mol. The zero-order valence-electron chi connectivity index (χ0n) is 10.6. The van der Waals surface area contributed by atoms with E-state index in [1.807, 2.05) is 26.0 Å². The van der Waals surface area contributed by atoms with Gasteiger partial charge in [0.1, 0.15) is 0 Å². The van der Waals surface area contributed by atoms with Crippen LogP contribution in [0.3, 0.4) is 0 Å². The van der Waals surface area contributed by atoms with E-state index in [0.717, 1.165) is 5.56 Å². The predicted octanol–water partition coefficient (Wildman–Crippen LogP) is 3.62. The van der Waals surface area contributed by atoms with Gasteiger partial charge in [0.2, 0.25) is 0 Å². The number of rotatable bonds is 3. The van der Waals surface area contributed by atoms with E-state index in [2.05, 4.69) is 9.97 Å². The van der Waals surface area contributed by atoms with Gasteiger partial charge in [-0.05, 0) is 30.2 Å². The summed E-state index contributed by atoms with van der Waals surface area (Å²) in [5.74, 6) is -0.489. The first-order valence-electron chi connectivity index (χ1n) is 5.85. The summed E-state index contributed by atoms with van der Waals surface area (Å²) in [6.07, 6.45) is 1.36. The maximum absolute atomic E-state index is 11.1. The normalized spacial score (nSPS) is 10.7. The number of carboxylic acids is 1. The fourth-order valence-electron chi connectivity index (χ4n) is 1.74. The van der Waals surface area contributed by atoms with Crippen LogP contribution in [0, 0.1) is 0 Å². The lowest BCUT2D eigenvalue weighted by Gasteiger charge is -2.10. The Morgan fingerprint density at radius 1 is 1.26 bits per heavy atom. The smallest absolute Gasteiger partial charge is 0.339 e. The molecule has 0 fully saturated rings. The molecule has 0 atom stereocenters. The topological polar surface area (TPSA) is 63.1 Å². The third kappa shape index (κ3) is 2.90. The van der Waals surface area contributed by atoms with E-state index in [0.29, 0.717) is 16.5 Å². The molecule has 0 aliphatic rings. The summed E-state index contributed by atoms with van der Waals surface area (Å²) in [5.41, 5.74) is 1.49. The molecule has 2 aromatic rings. The van der Waals surface area contributed by atoms with Crippen LogP contribution in [0.15, 0.2) is 30.5 Å². The first kappa shape index (κ1) is 13.5. The lowest BCUT2D eigenvalue weighted by molar-refractivity contribution is 0.0694. The molecule has 1 aromatic carbocycles. The van der Waals surface area contributed by atoms with E-state index in [4.69, 9.17) is 16.7 Å². The van der Waals surface area contributed by atoms with Crippen LogP contribution in [0.25, 0.3) is 11.4 Å². The van der Waals surface area contributed by atoms with Crippen LogP contribution in [0.1, 0.15) is 35.8 Å². The minimum absolute atomic E-state index is 0.0140. The second-order valence-corrected chi connectivity index (χ2v) is 4.90. The van der Waals surface area contributed by atoms with Crippen LogP contribution in [0.4, 0.5) is 0 Å². The van der Waals surface area contributed by atoms with Gasteiger partial charge in [-0.3, -0.25) is 0 Å². The van der Waals surface area contributed by atoms with Gasteiger partial charge in [-0.2, -0.15) is 0 Å². The Kier molecular flexibility index (Phi) is 3.81. The van der Waals surface area contributed by atoms with Crippen molar-refractivity contribution in [1.29, 1.82) is 0 Å². The number of hydrogen-bond acceptors (Lipinski definition) is 3. The van der Waals surface area contributed by atoms with Gasteiger partial charge in [0.05, 0.1) is 11.3 Å². The van der Waals surface area contributed by atoms with Gasteiger partial charge in [-0.25, -0.2) is 14.8 Å². The summed E-state index contributed by atoms with van der Waals surface area (Å²) in [6, 6.07) is 7.12. The fraction of sp³-hybridized carbons (Fsp3) is 0.214. The van der Waals surface area contributed by atoms with Crippen molar-refractivity contribution in [2.75, 3.05) is 0 Å². The zero-order chi connectivity index (χ0) is 14.0. The van der Waals surface area contributed by atoms with Gasteiger partial charge < -0.3 is 5.11 Å². The number of carboxylic acid groups (broad SMARTS) is 1. The van der Waals surface area contributed by atoms with Crippen LogP contribution in [-0.2, 0) is 0 Å². The maximum Gasteiger partial charge on any atom is 0.339 e. The van der Waals surface area contributed by atoms with E-state index >= 15 is 0 Å². The lowest BCUT2D eigenvalue weighted by atomic mass is 10.0. The SMILES string of the molecule is CC(C)c1nc(-c2ccc(Cl)cc2)ncc1C(=O)O. The summed E-state index contributed by atoms with van der Waals surface area (Å²) in [7, 11) is 0. The Morgan fingerprint density at radius 2 is 1.89 bits per heavy atom. The molecule has 1 heterocycles. The van der Waals surface area contributed by atoms with Gasteiger partial charge in [0, 0.05) is 16.8 Å². The predicted molar refractivity (Wildman–Crippen MR) is 73.5 cm³/mol. The first-order valence-corrected chi connectivity index (χ1v) is 6.23. The average Bonchev–Trinajstić information content (AvgIpc) is 2.38. The van der Waals surface area contributed by atoms with Crippen molar-refractivity contribution in [3.63, 3.8) is 0 Å². The summed E-state index contributed by atoms with van der Waals surface area (Å²) < 4.78 is 0. The molecule has 0 bridgehead atoms. The third-order valence-electron chi connectivity index (χ3n) is 2.70. The summed E-state index contributed by atoms with van der Waals surface area (Å²) >= 11 is 5.83. The maximum atomic E-state index is 11.1. The van der Waals surface area contributed by atoms with Crippen molar-refractivity contribution in [1.82, 2.24) is 9.97 Å². The van der Waals surface area contributed by atoms with E-state index in [1.165, 1.54) is 6.20 Å².